The quantitative estimate of drug-likeness (QED) is 0.403. The molecule has 0 fully saturated rings. The fourth-order valence-corrected chi connectivity index (χ4v) is 0.924. The van der Waals surface area contributed by atoms with Gasteiger partial charge >= 0.3 is 0 Å². The maximum atomic E-state index is 13.0. The van der Waals surface area contributed by atoms with Crippen molar-refractivity contribution < 1.29 is 8.78 Å². The number of azide groups is 1. The molecule has 0 bridgehead atoms. The Labute approximate surface area is 79.3 Å². The van der Waals surface area contributed by atoms with E-state index in [0.29, 0.717) is 0 Å². The van der Waals surface area contributed by atoms with Gasteiger partial charge in [0.1, 0.15) is 11.6 Å². The summed E-state index contributed by atoms with van der Waals surface area (Å²) in [6.45, 7) is 0.0737. The Balaban J connectivity index is 2.85. The van der Waals surface area contributed by atoms with E-state index in [1.165, 1.54) is 18.2 Å². The molecule has 0 unspecified atom stereocenters. The Morgan fingerprint density at radius 3 is 2.57 bits per heavy atom. The number of rotatable bonds is 3. The first-order valence-electron chi connectivity index (χ1n) is 3.87. The fraction of sp³-hybridized carbons (Fsp3) is 0.111. The number of hydrogen-bond donors (Lipinski definition) is 0. The van der Waals surface area contributed by atoms with Gasteiger partial charge in [-0.05, 0) is 17.7 Å². The lowest BCUT2D eigenvalue weighted by Gasteiger charge is -1.97. The van der Waals surface area contributed by atoms with Crippen molar-refractivity contribution in [3.8, 4) is 0 Å². The molecular formula is C9H7F2N3. The maximum absolute atomic E-state index is 13.0. The Morgan fingerprint density at radius 1 is 1.36 bits per heavy atom. The summed E-state index contributed by atoms with van der Waals surface area (Å²) in [5.74, 6) is -1.27. The third-order valence-electron chi connectivity index (χ3n) is 1.53. The van der Waals surface area contributed by atoms with Gasteiger partial charge in [-0.15, -0.1) is 0 Å². The van der Waals surface area contributed by atoms with Gasteiger partial charge in [0.15, 0.2) is 0 Å². The normalized spacial score (nSPS) is 10.1. The van der Waals surface area contributed by atoms with Crippen LogP contribution in [-0.2, 0) is 0 Å². The van der Waals surface area contributed by atoms with Gasteiger partial charge in [0.2, 0.25) is 0 Å². The van der Waals surface area contributed by atoms with E-state index in [9.17, 15) is 8.78 Å². The highest BCUT2D eigenvalue weighted by Crippen LogP contribution is 2.13. The van der Waals surface area contributed by atoms with Gasteiger partial charge in [-0.25, -0.2) is 8.78 Å². The second-order valence-corrected chi connectivity index (χ2v) is 2.45. The Hall–Kier alpha value is -1.87. The molecule has 3 nitrogen and oxygen atoms in total. The smallest absolute Gasteiger partial charge is 0.133 e. The molecule has 0 aliphatic rings. The van der Waals surface area contributed by atoms with Gasteiger partial charge in [0, 0.05) is 17.0 Å². The van der Waals surface area contributed by atoms with Crippen LogP contribution in [0, 0.1) is 11.6 Å². The van der Waals surface area contributed by atoms with Gasteiger partial charge in [0.25, 0.3) is 0 Å². The van der Waals surface area contributed by atoms with Crippen LogP contribution in [0.15, 0.2) is 29.4 Å². The Morgan fingerprint density at radius 2 is 2.00 bits per heavy atom. The molecule has 0 aliphatic heterocycles. The number of benzene rings is 1. The molecule has 0 spiro atoms. The van der Waals surface area contributed by atoms with Crippen molar-refractivity contribution in [1.29, 1.82) is 0 Å². The SMILES string of the molecule is [N-]=[N+]=NCC=Cc1c(F)cccc1F. The summed E-state index contributed by atoms with van der Waals surface area (Å²) in [5.41, 5.74) is 7.82. The largest absolute Gasteiger partial charge is 0.206 e. The van der Waals surface area contributed by atoms with Gasteiger partial charge in [-0.3, -0.25) is 0 Å². The lowest BCUT2D eigenvalue weighted by Crippen LogP contribution is -1.87. The average molecular weight is 195 g/mol. The van der Waals surface area contributed by atoms with Crippen molar-refractivity contribution in [3.05, 3.63) is 51.9 Å². The second-order valence-electron chi connectivity index (χ2n) is 2.45. The third kappa shape index (κ3) is 2.57. The van der Waals surface area contributed by atoms with Crippen LogP contribution in [-0.4, -0.2) is 6.54 Å². The van der Waals surface area contributed by atoms with E-state index in [-0.39, 0.29) is 12.1 Å². The summed E-state index contributed by atoms with van der Waals surface area (Å²) in [6, 6.07) is 3.61. The standard InChI is InChI=1S/C9H7F2N3/c10-8-4-1-5-9(11)7(8)3-2-6-13-14-12/h1-5H,6H2. The number of hydrogen-bond acceptors (Lipinski definition) is 1. The molecule has 0 saturated heterocycles. The van der Waals surface area contributed by atoms with E-state index in [0.717, 1.165) is 12.1 Å². The zero-order chi connectivity index (χ0) is 10.4. The first-order chi connectivity index (χ1) is 6.75. The minimum atomic E-state index is -0.637. The highest BCUT2D eigenvalue weighted by Gasteiger charge is 2.02. The van der Waals surface area contributed by atoms with Crippen LogP contribution in [0.2, 0.25) is 0 Å². The van der Waals surface area contributed by atoms with E-state index in [4.69, 9.17) is 5.53 Å². The average Bonchev–Trinajstić information content (AvgIpc) is 2.16. The molecule has 1 aromatic rings. The third-order valence-corrected chi connectivity index (χ3v) is 1.53. The minimum Gasteiger partial charge on any atom is -0.206 e. The number of nitrogens with zero attached hydrogens (tertiary/aromatic N) is 3. The van der Waals surface area contributed by atoms with Crippen LogP contribution < -0.4 is 0 Å². The van der Waals surface area contributed by atoms with Crippen molar-refractivity contribution in [2.24, 2.45) is 5.11 Å². The zero-order valence-electron chi connectivity index (χ0n) is 7.19. The molecule has 1 aromatic carbocycles. The Bertz CT molecular complexity index is 375. The predicted molar refractivity (Wildman–Crippen MR) is 49.4 cm³/mol. The topological polar surface area (TPSA) is 48.8 Å². The van der Waals surface area contributed by atoms with Crippen LogP contribution in [0.3, 0.4) is 0 Å². The minimum absolute atomic E-state index is 0.0737. The molecule has 0 amide bonds. The zero-order valence-corrected chi connectivity index (χ0v) is 7.19. The van der Waals surface area contributed by atoms with Crippen molar-refractivity contribution in [2.75, 3.05) is 6.54 Å². The summed E-state index contributed by atoms with van der Waals surface area (Å²) >= 11 is 0. The monoisotopic (exact) mass is 195 g/mol. The van der Waals surface area contributed by atoms with Crippen LogP contribution in [0.5, 0.6) is 0 Å². The van der Waals surface area contributed by atoms with Crippen LogP contribution in [0.25, 0.3) is 16.5 Å². The molecule has 0 N–H and O–H groups in total. The summed E-state index contributed by atoms with van der Waals surface area (Å²) < 4.78 is 25.9. The van der Waals surface area contributed by atoms with Crippen molar-refractivity contribution in [1.82, 2.24) is 0 Å². The molecule has 14 heavy (non-hydrogen) atoms. The lowest BCUT2D eigenvalue weighted by molar-refractivity contribution is 0.578. The summed E-state index contributed by atoms with van der Waals surface area (Å²) in [4.78, 5) is 2.50. The van der Waals surface area contributed by atoms with Crippen LogP contribution in [0.1, 0.15) is 5.56 Å². The fourth-order valence-electron chi connectivity index (χ4n) is 0.924. The maximum Gasteiger partial charge on any atom is 0.133 e. The molecule has 1 rings (SSSR count). The number of halogens is 2. The molecule has 0 radical (unpaired) electrons. The van der Waals surface area contributed by atoms with Crippen LogP contribution >= 0.6 is 0 Å². The van der Waals surface area contributed by atoms with Gasteiger partial charge in [0.05, 0.1) is 0 Å². The van der Waals surface area contributed by atoms with Gasteiger partial charge in [-0.1, -0.05) is 23.3 Å². The predicted octanol–water partition coefficient (Wildman–Crippen LogP) is 3.29. The van der Waals surface area contributed by atoms with Gasteiger partial charge in [-0.2, -0.15) is 0 Å². The highest BCUT2D eigenvalue weighted by atomic mass is 19.1. The van der Waals surface area contributed by atoms with Crippen molar-refractivity contribution in [2.45, 2.75) is 0 Å². The van der Waals surface area contributed by atoms with Crippen LogP contribution in [0.4, 0.5) is 8.78 Å². The van der Waals surface area contributed by atoms with Gasteiger partial charge < -0.3 is 0 Å². The first-order valence-corrected chi connectivity index (χ1v) is 3.87. The van der Waals surface area contributed by atoms with E-state index < -0.39 is 11.6 Å². The second kappa shape index (κ2) is 4.99. The molecule has 0 aliphatic carbocycles. The molecule has 5 heteroatoms. The Kier molecular flexibility index (Phi) is 3.64. The van der Waals surface area contributed by atoms with E-state index in [1.807, 2.05) is 0 Å². The molecule has 0 atom stereocenters. The summed E-state index contributed by atoms with van der Waals surface area (Å²) in [6.07, 6.45) is 2.64. The lowest BCUT2D eigenvalue weighted by atomic mass is 10.2. The molecule has 0 saturated carbocycles. The molecule has 0 heterocycles. The highest BCUT2D eigenvalue weighted by molar-refractivity contribution is 5.50. The molecule has 72 valence electrons. The van der Waals surface area contributed by atoms with E-state index >= 15 is 0 Å². The van der Waals surface area contributed by atoms with E-state index in [2.05, 4.69) is 10.0 Å². The molecule has 0 aromatic heterocycles. The van der Waals surface area contributed by atoms with Crippen molar-refractivity contribution >= 4 is 6.08 Å². The molecular weight excluding hydrogens is 188 g/mol. The van der Waals surface area contributed by atoms with Crippen molar-refractivity contribution in [3.63, 3.8) is 0 Å². The first kappa shape index (κ1) is 10.2. The summed E-state index contributed by atoms with van der Waals surface area (Å²) in [7, 11) is 0. The summed E-state index contributed by atoms with van der Waals surface area (Å²) in [5, 5.41) is 3.20. The van der Waals surface area contributed by atoms with E-state index in [1.54, 1.807) is 0 Å².